The smallest absolute Gasteiger partial charge is 0.129 e. The van der Waals surface area contributed by atoms with Crippen LogP contribution in [0, 0.1) is 0 Å². The normalized spacial score (nSPS) is 15.3. The van der Waals surface area contributed by atoms with E-state index in [2.05, 4.69) is 42.0 Å². The molecule has 0 atom stereocenters. The summed E-state index contributed by atoms with van der Waals surface area (Å²) in [7, 11) is 1.74. The number of nitrogens with one attached hydrogen (secondary N) is 1. The first-order valence-corrected chi connectivity index (χ1v) is 7.93. The second-order valence-electron chi connectivity index (χ2n) is 6.65. The summed E-state index contributed by atoms with van der Waals surface area (Å²) in [6.45, 7) is 8.80. The zero-order chi connectivity index (χ0) is 15.5. The Morgan fingerprint density at radius 3 is 2.71 bits per heavy atom. The molecule has 1 N–H and O–H groups in total. The van der Waals surface area contributed by atoms with E-state index < -0.39 is 0 Å². The van der Waals surface area contributed by atoms with Crippen molar-refractivity contribution in [1.29, 1.82) is 0 Å². The minimum absolute atomic E-state index is 0.0684. The van der Waals surface area contributed by atoms with Crippen LogP contribution in [0.15, 0.2) is 12.3 Å². The number of halogens is 1. The van der Waals surface area contributed by atoms with E-state index in [1.54, 1.807) is 13.3 Å². The third kappa shape index (κ3) is 5.13. The molecule has 1 aliphatic rings. The topological polar surface area (TPSA) is 37.4 Å². The molecule has 0 aliphatic heterocycles. The lowest BCUT2D eigenvalue weighted by atomic mass is 10.1. The van der Waals surface area contributed by atoms with Crippen LogP contribution >= 0.6 is 11.6 Å². The molecule has 0 aromatic carbocycles. The lowest BCUT2D eigenvalue weighted by Gasteiger charge is -2.25. The number of anilines is 1. The van der Waals surface area contributed by atoms with Crippen LogP contribution in [0.1, 0.15) is 39.2 Å². The number of pyridine rings is 1. The van der Waals surface area contributed by atoms with Crippen molar-refractivity contribution in [2.75, 3.05) is 25.2 Å². The molecule has 1 aliphatic carbocycles. The minimum Gasteiger partial charge on any atom is -0.383 e. The van der Waals surface area contributed by atoms with E-state index in [4.69, 9.17) is 16.3 Å². The molecule has 21 heavy (non-hydrogen) atoms. The fourth-order valence-electron chi connectivity index (χ4n) is 2.18. The maximum atomic E-state index is 6.28. The first kappa shape index (κ1) is 16.5. The van der Waals surface area contributed by atoms with Gasteiger partial charge in [-0.05, 0) is 45.2 Å². The monoisotopic (exact) mass is 311 g/mol. The molecule has 118 valence electrons. The zero-order valence-electron chi connectivity index (χ0n) is 13.4. The van der Waals surface area contributed by atoms with Gasteiger partial charge in [-0.15, -0.1) is 0 Å². The van der Waals surface area contributed by atoms with Crippen molar-refractivity contribution in [3.8, 4) is 0 Å². The maximum absolute atomic E-state index is 6.28. The van der Waals surface area contributed by atoms with Gasteiger partial charge in [0.2, 0.25) is 0 Å². The predicted molar refractivity (Wildman–Crippen MR) is 88.1 cm³/mol. The molecule has 0 saturated heterocycles. The molecule has 1 heterocycles. The summed E-state index contributed by atoms with van der Waals surface area (Å²) < 4.78 is 5.21. The molecular weight excluding hydrogens is 286 g/mol. The minimum atomic E-state index is 0.0684. The largest absolute Gasteiger partial charge is 0.383 e. The highest BCUT2D eigenvalue weighted by Gasteiger charge is 2.30. The van der Waals surface area contributed by atoms with E-state index in [0.29, 0.717) is 6.04 Å². The van der Waals surface area contributed by atoms with Crippen molar-refractivity contribution in [3.63, 3.8) is 0 Å². The van der Waals surface area contributed by atoms with Gasteiger partial charge in [0.1, 0.15) is 5.82 Å². The predicted octanol–water partition coefficient (Wildman–Crippen LogP) is 3.24. The lowest BCUT2D eigenvalue weighted by Crippen LogP contribution is -2.35. The average molecular weight is 312 g/mol. The maximum Gasteiger partial charge on any atom is 0.129 e. The molecule has 2 rings (SSSR count). The van der Waals surface area contributed by atoms with Crippen molar-refractivity contribution < 1.29 is 4.74 Å². The van der Waals surface area contributed by atoms with Crippen molar-refractivity contribution in [1.82, 2.24) is 10.3 Å². The molecule has 0 unspecified atom stereocenters. The Labute approximate surface area is 132 Å². The number of aromatic nitrogens is 1. The molecule has 5 heteroatoms. The van der Waals surface area contributed by atoms with Gasteiger partial charge in [-0.1, -0.05) is 11.6 Å². The summed E-state index contributed by atoms with van der Waals surface area (Å²) in [5.74, 6) is 1.00. The highest BCUT2D eigenvalue weighted by Crippen LogP contribution is 2.31. The van der Waals surface area contributed by atoms with Gasteiger partial charge in [0.05, 0.1) is 11.6 Å². The van der Waals surface area contributed by atoms with Gasteiger partial charge in [0.15, 0.2) is 0 Å². The summed E-state index contributed by atoms with van der Waals surface area (Å²) in [6.07, 6.45) is 4.24. The second-order valence-corrected chi connectivity index (χ2v) is 7.06. The van der Waals surface area contributed by atoms with Crippen molar-refractivity contribution in [3.05, 3.63) is 22.8 Å². The fraction of sp³-hybridized carbons (Fsp3) is 0.688. The standard InChI is InChI=1S/C16H26ClN3O/c1-16(2,3)19-10-12-9-15(18-11-14(12)17)20(7-8-21-4)13-5-6-13/h9,11,13,19H,5-8,10H2,1-4H3. The van der Waals surface area contributed by atoms with E-state index in [1.165, 1.54) is 12.8 Å². The van der Waals surface area contributed by atoms with E-state index in [0.717, 1.165) is 36.1 Å². The molecule has 0 radical (unpaired) electrons. The molecule has 0 amide bonds. The lowest BCUT2D eigenvalue weighted by molar-refractivity contribution is 0.204. The molecule has 0 bridgehead atoms. The summed E-state index contributed by atoms with van der Waals surface area (Å²) in [4.78, 5) is 6.84. The van der Waals surface area contributed by atoms with Crippen LogP contribution in [-0.2, 0) is 11.3 Å². The highest BCUT2D eigenvalue weighted by molar-refractivity contribution is 6.31. The first-order valence-electron chi connectivity index (χ1n) is 7.56. The summed E-state index contributed by atoms with van der Waals surface area (Å²) in [5.41, 5.74) is 1.17. The van der Waals surface area contributed by atoms with Gasteiger partial charge in [0, 0.05) is 38.0 Å². The van der Waals surface area contributed by atoms with Crippen LogP contribution in [0.2, 0.25) is 5.02 Å². The Balaban J connectivity index is 2.12. The van der Waals surface area contributed by atoms with Crippen LogP contribution in [0.4, 0.5) is 5.82 Å². The van der Waals surface area contributed by atoms with Gasteiger partial charge >= 0.3 is 0 Å². The second kappa shape index (κ2) is 6.95. The Morgan fingerprint density at radius 2 is 2.14 bits per heavy atom. The SMILES string of the molecule is COCCN(c1cc(CNC(C)(C)C)c(Cl)cn1)C1CC1. The summed E-state index contributed by atoms with van der Waals surface area (Å²) >= 11 is 6.28. The van der Waals surface area contributed by atoms with Crippen molar-refractivity contribution in [2.24, 2.45) is 0 Å². The van der Waals surface area contributed by atoms with Gasteiger partial charge in [0.25, 0.3) is 0 Å². The summed E-state index contributed by atoms with van der Waals surface area (Å²) in [6, 6.07) is 2.71. The number of nitrogens with zero attached hydrogens (tertiary/aromatic N) is 2. The molecule has 1 saturated carbocycles. The fourth-order valence-corrected chi connectivity index (χ4v) is 2.35. The molecule has 4 nitrogen and oxygen atoms in total. The van der Waals surface area contributed by atoms with Crippen molar-refractivity contribution >= 4 is 17.4 Å². The highest BCUT2D eigenvalue weighted by atomic mass is 35.5. The van der Waals surface area contributed by atoms with Crippen LogP contribution < -0.4 is 10.2 Å². The zero-order valence-corrected chi connectivity index (χ0v) is 14.2. The third-order valence-electron chi connectivity index (χ3n) is 3.55. The summed E-state index contributed by atoms with van der Waals surface area (Å²) in [5, 5.41) is 4.20. The van der Waals surface area contributed by atoms with Gasteiger partial charge in [-0.2, -0.15) is 0 Å². The quantitative estimate of drug-likeness (QED) is 0.839. The van der Waals surface area contributed by atoms with Crippen molar-refractivity contribution in [2.45, 2.75) is 51.7 Å². The first-order chi connectivity index (χ1) is 9.90. The van der Waals surface area contributed by atoms with E-state index in [1.807, 2.05) is 0 Å². The Hall–Kier alpha value is -0.840. The third-order valence-corrected chi connectivity index (χ3v) is 3.89. The number of ether oxygens (including phenoxy) is 1. The molecule has 1 aromatic heterocycles. The number of hydrogen-bond donors (Lipinski definition) is 1. The Morgan fingerprint density at radius 1 is 1.43 bits per heavy atom. The van der Waals surface area contributed by atoms with Gasteiger partial charge < -0.3 is 15.0 Å². The van der Waals surface area contributed by atoms with Crippen LogP contribution in [-0.4, -0.2) is 36.8 Å². The number of hydrogen-bond acceptors (Lipinski definition) is 4. The van der Waals surface area contributed by atoms with Gasteiger partial charge in [-0.3, -0.25) is 0 Å². The van der Waals surface area contributed by atoms with Crippen LogP contribution in [0.3, 0.4) is 0 Å². The molecular formula is C16H26ClN3O. The van der Waals surface area contributed by atoms with Crippen LogP contribution in [0.5, 0.6) is 0 Å². The Bertz CT molecular complexity index is 469. The average Bonchev–Trinajstić information content (AvgIpc) is 3.23. The van der Waals surface area contributed by atoms with E-state index in [-0.39, 0.29) is 5.54 Å². The van der Waals surface area contributed by atoms with Gasteiger partial charge in [-0.25, -0.2) is 4.98 Å². The molecule has 1 fully saturated rings. The van der Waals surface area contributed by atoms with Crippen LogP contribution in [0.25, 0.3) is 0 Å². The number of methoxy groups -OCH3 is 1. The number of rotatable bonds is 7. The Kier molecular flexibility index (Phi) is 5.47. The van der Waals surface area contributed by atoms with E-state index >= 15 is 0 Å². The van der Waals surface area contributed by atoms with E-state index in [9.17, 15) is 0 Å². The molecule has 1 aromatic rings. The molecule has 0 spiro atoms.